The lowest BCUT2D eigenvalue weighted by Gasteiger charge is -2.23. The summed E-state index contributed by atoms with van der Waals surface area (Å²) in [6.07, 6.45) is 0.539. The van der Waals surface area contributed by atoms with Crippen molar-refractivity contribution >= 4 is 68.8 Å². The number of fused-ring (bicyclic) bond motifs is 1. The van der Waals surface area contributed by atoms with Crippen LogP contribution in [0.5, 0.6) is 0 Å². The highest BCUT2D eigenvalue weighted by Gasteiger charge is 2.33. The summed E-state index contributed by atoms with van der Waals surface area (Å²) in [5, 5.41) is 28.2. The zero-order valence-electron chi connectivity index (χ0n) is 30.8. The molecule has 3 rings (SSSR count). The number of hydrogen-bond donors (Lipinski definition) is 6. The van der Waals surface area contributed by atoms with Gasteiger partial charge >= 0.3 is 5.97 Å². The molecule has 4 atom stereocenters. The summed E-state index contributed by atoms with van der Waals surface area (Å²) in [4.78, 5) is 107. The fraction of sp³-hybridized carbons (Fsp3) is 0.421. The molecule has 1 aromatic heterocycles. The number of aromatic amines is 1. The van der Waals surface area contributed by atoms with Crippen LogP contribution in [0.25, 0.3) is 21.3 Å². The molecule has 0 spiro atoms. The van der Waals surface area contributed by atoms with Crippen LogP contribution in [-0.4, -0.2) is 87.1 Å². The van der Waals surface area contributed by atoms with Crippen molar-refractivity contribution in [3.63, 3.8) is 0 Å². The Labute approximate surface area is 326 Å². The van der Waals surface area contributed by atoms with E-state index in [4.69, 9.17) is 11.3 Å². The maximum Gasteiger partial charge on any atom is 0.304 e. The van der Waals surface area contributed by atoms with E-state index < -0.39 is 90.7 Å². The number of primary amides is 1. The van der Waals surface area contributed by atoms with Crippen molar-refractivity contribution in [2.75, 3.05) is 19.7 Å². The lowest BCUT2D eigenvalue weighted by Crippen LogP contribution is -2.42. The quantitative estimate of drug-likeness (QED) is 0.0238. The first-order valence-electron chi connectivity index (χ1n) is 17.8. The van der Waals surface area contributed by atoms with Gasteiger partial charge in [0.1, 0.15) is 11.6 Å². The van der Waals surface area contributed by atoms with Crippen LogP contribution in [0, 0.1) is 17.8 Å². The number of rotatable bonds is 25. The van der Waals surface area contributed by atoms with Gasteiger partial charge < -0.3 is 31.6 Å². The molecule has 0 aliphatic heterocycles. The predicted molar refractivity (Wildman–Crippen MR) is 205 cm³/mol. The molecule has 0 aliphatic carbocycles. The fourth-order valence-electron chi connectivity index (χ4n) is 6.11. The van der Waals surface area contributed by atoms with Gasteiger partial charge in [0.25, 0.3) is 5.91 Å². The van der Waals surface area contributed by atoms with Gasteiger partial charge in [-0.05, 0) is 54.3 Å². The van der Waals surface area contributed by atoms with E-state index in [1.165, 1.54) is 19.1 Å². The molecule has 56 heavy (non-hydrogen) atoms. The van der Waals surface area contributed by atoms with Gasteiger partial charge in [0.2, 0.25) is 11.8 Å². The first kappa shape index (κ1) is 44.6. The van der Waals surface area contributed by atoms with Gasteiger partial charge in [0.05, 0.1) is 31.5 Å². The first-order chi connectivity index (χ1) is 26.7. The number of azide groups is 1. The number of aromatic nitrogens is 1. The number of para-hydroxylation sites is 1. The number of aliphatic carboxylic acids is 1. The number of amides is 3. The van der Waals surface area contributed by atoms with E-state index in [1.54, 1.807) is 18.3 Å². The molecule has 1 heterocycles. The number of thioether (sulfide) groups is 1. The smallest absolute Gasteiger partial charge is 0.304 e. The topological polar surface area (TPSA) is 292 Å². The largest absolute Gasteiger partial charge is 0.481 e. The maximum absolute atomic E-state index is 13.9. The van der Waals surface area contributed by atoms with Gasteiger partial charge in [0.15, 0.2) is 10.9 Å². The number of carbonyl (C=O) groups excluding carboxylic acids is 7. The minimum Gasteiger partial charge on any atom is -0.481 e. The molecule has 3 aromatic rings. The Morgan fingerprint density at radius 3 is 2.20 bits per heavy atom. The van der Waals surface area contributed by atoms with E-state index in [0.29, 0.717) is 23.3 Å². The molecule has 0 fully saturated rings. The molecule has 3 amide bonds. The van der Waals surface area contributed by atoms with Crippen LogP contribution in [0.15, 0.2) is 64.7 Å². The molecule has 0 aliphatic rings. The standard InChI is InChI=1S/C38H45N7O10S/c1-22(47)44-31(14-26-19-42-30-8-3-2-7-29(26)30)34(50)15-24(32(48)16-25(18-35(51)52)33(49)17-27(21-46)37(39)54)6-4-5-13-41-38(55)23-9-11-28(12-10-23)56-36(53)20-43-45-40/h2-3,7-12,19,24-25,27,31,42,46H,4-6,13-18,20-21H2,1H3,(H2,39,54)(H,41,55)(H,44,47)(H,51,52). The van der Waals surface area contributed by atoms with E-state index in [2.05, 4.69) is 25.6 Å². The van der Waals surface area contributed by atoms with Crippen molar-refractivity contribution in [2.24, 2.45) is 28.6 Å². The summed E-state index contributed by atoms with van der Waals surface area (Å²) in [5.41, 5.74) is 15.5. The molecule has 0 saturated carbocycles. The third-order valence-corrected chi connectivity index (χ3v) is 9.90. The number of hydrogen-bond acceptors (Lipinski definition) is 11. The molecule has 298 valence electrons. The van der Waals surface area contributed by atoms with Crippen LogP contribution in [0.3, 0.4) is 0 Å². The summed E-state index contributed by atoms with van der Waals surface area (Å²) in [6, 6.07) is 12.6. The Bertz CT molecular complexity index is 1960. The van der Waals surface area contributed by atoms with Crippen LogP contribution in [-0.2, 0) is 40.0 Å². The number of carboxylic acid groups (broad SMARTS) is 1. The van der Waals surface area contributed by atoms with Crippen molar-refractivity contribution in [1.29, 1.82) is 0 Å². The van der Waals surface area contributed by atoms with Crippen LogP contribution in [0.4, 0.5) is 0 Å². The van der Waals surface area contributed by atoms with Crippen molar-refractivity contribution in [3.05, 3.63) is 76.3 Å². The first-order valence-corrected chi connectivity index (χ1v) is 18.7. The molecule has 18 heteroatoms. The van der Waals surface area contributed by atoms with Crippen LogP contribution >= 0.6 is 11.8 Å². The summed E-state index contributed by atoms with van der Waals surface area (Å²) in [6.45, 7) is 0.408. The summed E-state index contributed by atoms with van der Waals surface area (Å²) < 4.78 is 0. The average molecular weight is 792 g/mol. The molecule has 0 radical (unpaired) electrons. The van der Waals surface area contributed by atoms with Gasteiger partial charge in [-0.25, -0.2) is 0 Å². The molecule has 4 unspecified atom stereocenters. The Balaban J connectivity index is 1.73. The van der Waals surface area contributed by atoms with Crippen molar-refractivity contribution in [2.45, 2.75) is 69.2 Å². The average Bonchev–Trinajstić information content (AvgIpc) is 3.56. The van der Waals surface area contributed by atoms with Gasteiger partial charge in [-0.3, -0.25) is 38.4 Å². The Morgan fingerprint density at radius 2 is 1.55 bits per heavy atom. The molecule has 0 bridgehead atoms. The van der Waals surface area contributed by atoms with Gasteiger partial charge in [-0.15, -0.1) is 0 Å². The number of ketones is 3. The number of nitrogens with one attached hydrogen (secondary N) is 3. The number of carbonyl (C=O) groups is 8. The number of carboxylic acids is 1. The molecular weight excluding hydrogens is 747 g/mol. The van der Waals surface area contributed by atoms with E-state index in [9.17, 15) is 48.6 Å². The number of nitrogens with zero attached hydrogens (tertiary/aromatic N) is 3. The number of Topliss-reactive ketones (excluding diaryl/α,β-unsaturated/α-hetero) is 3. The fourth-order valence-corrected chi connectivity index (χ4v) is 6.76. The van der Waals surface area contributed by atoms with Crippen LogP contribution in [0.1, 0.15) is 67.8 Å². The van der Waals surface area contributed by atoms with Crippen LogP contribution in [0.2, 0.25) is 0 Å². The minimum absolute atomic E-state index is 0.122. The molecule has 2 aromatic carbocycles. The highest BCUT2D eigenvalue weighted by molar-refractivity contribution is 8.13. The summed E-state index contributed by atoms with van der Waals surface area (Å²) in [7, 11) is 0. The highest BCUT2D eigenvalue weighted by Crippen LogP contribution is 2.26. The Hall–Kier alpha value is -5.84. The van der Waals surface area contributed by atoms with E-state index in [1.807, 2.05) is 24.3 Å². The Morgan fingerprint density at radius 1 is 0.893 bits per heavy atom. The van der Waals surface area contributed by atoms with Gasteiger partial charge in [-0.1, -0.05) is 41.5 Å². The number of benzene rings is 2. The monoisotopic (exact) mass is 791 g/mol. The molecular formula is C38H45N7O10S. The second-order valence-corrected chi connectivity index (χ2v) is 14.4. The third kappa shape index (κ3) is 14.4. The number of aliphatic hydroxyl groups is 1. The van der Waals surface area contributed by atoms with Crippen molar-refractivity contribution < 1.29 is 48.6 Å². The molecule has 0 saturated heterocycles. The predicted octanol–water partition coefficient (Wildman–Crippen LogP) is 3.42. The van der Waals surface area contributed by atoms with Crippen molar-refractivity contribution in [3.8, 4) is 0 Å². The minimum atomic E-state index is -1.36. The molecule has 17 nitrogen and oxygen atoms in total. The number of nitrogens with two attached hydrogens (primary N) is 1. The maximum atomic E-state index is 13.9. The van der Waals surface area contributed by atoms with Crippen molar-refractivity contribution in [1.82, 2.24) is 15.6 Å². The summed E-state index contributed by atoms with van der Waals surface area (Å²) in [5.74, 6) is -8.54. The third-order valence-electron chi connectivity index (χ3n) is 9.04. The zero-order chi connectivity index (χ0) is 41.2. The molecule has 7 N–H and O–H groups in total. The van der Waals surface area contributed by atoms with Crippen LogP contribution < -0.4 is 16.4 Å². The van der Waals surface area contributed by atoms with Gasteiger partial charge in [-0.2, -0.15) is 0 Å². The number of unbranched alkanes of at least 4 members (excludes halogenated alkanes) is 1. The summed E-state index contributed by atoms with van der Waals surface area (Å²) >= 11 is 0.870. The van der Waals surface area contributed by atoms with Gasteiger partial charge in [0, 0.05) is 83.5 Å². The lowest BCUT2D eigenvalue weighted by molar-refractivity contribution is -0.142. The second kappa shape index (κ2) is 22.5. The van der Waals surface area contributed by atoms with E-state index in [0.717, 1.165) is 28.2 Å². The van der Waals surface area contributed by atoms with E-state index >= 15 is 0 Å². The lowest BCUT2D eigenvalue weighted by atomic mass is 9.82. The number of H-pyrrole nitrogens is 1. The normalized spacial score (nSPS) is 13.0. The second-order valence-electron chi connectivity index (χ2n) is 13.2. The van der Waals surface area contributed by atoms with E-state index in [-0.39, 0.29) is 37.5 Å². The number of aliphatic hydroxyl groups excluding tert-OH is 1. The zero-order valence-corrected chi connectivity index (χ0v) is 31.6. The SMILES string of the molecule is CC(=O)NC(Cc1c[nH]c2ccccc12)C(=O)CC(CCCCNC(=O)c1ccc(SC(=O)CN=[N+]=[N-])cc1)C(=O)CC(CC(=O)O)C(=O)CC(CO)C(N)=O. The highest BCUT2D eigenvalue weighted by atomic mass is 32.2. The Kier molecular flexibility index (Phi) is 17.9.